The fourth-order valence-electron chi connectivity index (χ4n) is 4.26. The van der Waals surface area contributed by atoms with Crippen molar-refractivity contribution in [1.29, 1.82) is 0 Å². The third-order valence-electron chi connectivity index (χ3n) is 5.86. The van der Waals surface area contributed by atoms with E-state index in [0.717, 1.165) is 60.4 Å². The molecule has 2 aliphatic rings. The molecule has 0 unspecified atom stereocenters. The number of carbonyl (C=O) groups excluding carboxylic acids is 1. The Morgan fingerprint density at radius 1 is 1.22 bits per heavy atom. The van der Waals surface area contributed by atoms with Crippen molar-refractivity contribution >= 4 is 5.91 Å². The Kier molecular flexibility index (Phi) is 4.87. The maximum absolute atomic E-state index is 13.0. The number of methoxy groups -OCH3 is 1. The highest BCUT2D eigenvalue weighted by Gasteiger charge is 2.38. The molecule has 1 saturated carbocycles. The molecule has 0 spiro atoms. The van der Waals surface area contributed by atoms with Gasteiger partial charge in [0, 0.05) is 5.69 Å². The quantitative estimate of drug-likeness (QED) is 0.902. The van der Waals surface area contributed by atoms with Crippen LogP contribution in [0.2, 0.25) is 0 Å². The number of pyridine rings is 1. The maximum Gasteiger partial charge on any atom is 0.256 e. The summed E-state index contributed by atoms with van der Waals surface area (Å²) < 4.78 is 5.21. The zero-order chi connectivity index (χ0) is 19.0. The number of aliphatic hydroxyl groups is 1. The van der Waals surface area contributed by atoms with Crippen molar-refractivity contribution in [1.82, 2.24) is 9.88 Å². The van der Waals surface area contributed by atoms with Gasteiger partial charge in [-0.25, -0.2) is 0 Å². The van der Waals surface area contributed by atoms with Crippen LogP contribution in [-0.2, 0) is 13.0 Å². The first-order valence-corrected chi connectivity index (χ1v) is 9.68. The first kappa shape index (κ1) is 18.0. The molecule has 27 heavy (non-hydrogen) atoms. The summed E-state index contributed by atoms with van der Waals surface area (Å²) in [5.74, 6) is 0.846. The van der Waals surface area contributed by atoms with Gasteiger partial charge in [0.2, 0.25) is 0 Å². The van der Waals surface area contributed by atoms with Gasteiger partial charge in [-0.3, -0.25) is 9.78 Å². The summed E-state index contributed by atoms with van der Waals surface area (Å²) >= 11 is 0. The van der Waals surface area contributed by atoms with Gasteiger partial charge in [-0.15, -0.1) is 0 Å². The molecule has 2 heterocycles. The molecule has 4 rings (SSSR count). The SMILES string of the molecule is COc1ccc(Cc2cc3c(nc2C)CN([C@H]2CCCC[C@@H]2O)C3=O)cc1. The predicted octanol–water partition coefficient (Wildman–Crippen LogP) is 3.25. The van der Waals surface area contributed by atoms with Gasteiger partial charge in [-0.2, -0.15) is 0 Å². The number of fused-ring (bicyclic) bond motifs is 1. The van der Waals surface area contributed by atoms with Crippen LogP contribution in [0.1, 0.15) is 58.6 Å². The van der Waals surface area contributed by atoms with E-state index < -0.39 is 6.10 Å². The van der Waals surface area contributed by atoms with Crippen molar-refractivity contribution in [3.63, 3.8) is 0 Å². The monoisotopic (exact) mass is 366 g/mol. The average molecular weight is 366 g/mol. The minimum atomic E-state index is -0.420. The largest absolute Gasteiger partial charge is 0.497 e. The molecule has 2 atom stereocenters. The number of rotatable bonds is 4. The maximum atomic E-state index is 13.0. The van der Waals surface area contributed by atoms with Crippen molar-refractivity contribution in [2.24, 2.45) is 0 Å². The molecule has 1 aliphatic heterocycles. The summed E-state index contributed by atoms with van der Waals surface area (Å²) in [5.41, 5.74) is 4.73. The second-order valence-electron chi connectivity index (χ2n) is 7.60. The average Bonchev–Trinajstić information content (AvgIpc) is 2.98. The first-order chi connectivity index (χ1) is 13.1. The van der Waals surface area contributed by atoms with Crippen LogP contribution in [0, 0.1) is 6.92 Å². The molecule has 142 valence electrons. The lowest BCUT2D eigenvalue weighted by atomic mass is 9.91. The van der Waals surface area contributed by atoms with Crippen molar-refractivity contribution in [2.45, 2.75) is 57.7 Å². The Bertz CT molecular complexity index is 847. The number of hydrogen-bond acceptors (Lipinski definition) is 4. The highest BCUT2D eigenvalue weighted by molar-refractivity contribution is 5.98. The predicted molar refractivity (Wildman–Crippen MR) is 103 cm³/mol. The van der Waals surface area contributed by atoms with Gasteiger partial charge < -0.3 is 14.7 Å². The van der Waals surface area contributed by atoms with E-state index in [9.17, 15) is 9.90 Å². The van der Waals surface area contributed by atoms with E-state index in [0.29, 0.717) is 12.1 Å². The number of hydrogen-bond donors (Lipinski definition) is 1. The molecule has 1 aromatic heterocycles. The summed E-state index contributed by atoms with van der Waals surface area (Å²) in [6.07, 6.45) is 4.07. The van der Waals surface area contributed by atoms with Crippen LogP contribution < -0.4 is 4.74 Å². The number of amides is 1. The van der Waals surface area contributed by atoms with E-state index in [-0.39, 0.29) is 11.9 Å². The third kappa shape index (κ3) is 3.44. The van der Waals surface area contributed by atoms with Crippen LogP contribution in [0.4, 0.5) is 0 Å². The third-order valence-corrected chi connectivity index (χ3v) is 5.86. The van der Waals surface area contributed by atoms with Gasteiger partial charge in [-0.05, 0) is 55.5 Å². The van der Waals surface area contributed by atoms with Gasteiger partial charge in [0.1, 0.15) is 5.75 Å². The molecular weight excluding hydrogens is 340 g/mol. The van der Waals surface area contributed by atoms with Crippen LogP contribution >= 0.6 is 0 Å². The standard InChI is InChI=1S/C22H26N2O3/c1-14-16(11-15-7-9-17(27-2)10-8-15)12-18-19(23-14)13-24(22(18)26)20-5-3-4-6-21(20)25/h7-10,12,20-21,25H,3-6,11,13H2,1-2H3/t20-,21-/m0/s1. The van der Waals surface area contributed by atoms with Gasteiger partial charge in [0.25, 0.3) is 5.91 Å². The van der Waals surface area contributed by atoms with E-state index in [1.54, 1.807) is 7.11 Å². The number of carbonyl (C=O) groups is 1. The zero-order valence-corrected chi connectivity index (χ0v) is 15.9. The van der Waals surface area contributed by atoms with E-state index in [1.165, 1.54) is 0 Å². The summed E-state index contributed by atoms with van der Waals surface area (Å²) in [4.78, 5) is 19.6. The fraction of sp³-hybridized carbons (Fsp3) is 0.455. The number of aryl methyl sites for hydroxylation is 1. The highest BCUT2D eigenvalue weighted by Crippen LogP contribution is 2.31. The van der Waals surface area contributed by atoms with Gasteiger partial charge in [0.05, 0.1) is 37.1 Å². The van der Waals surface area contributed by atoms with E-state index in [1.807, 2.05) is 42.2 Å². The molecule has 5 heteroatoms. The van der Waals surface area contributed by atoms with E-state index in [4.69, 9.17) is 9.72 Å². The summed E-state index contributed by atoms with van der Waals surface area (Å²) in [6.45, 7) is 2.52. The van der Waals surface area contributed by atoms with Crippen LogP contribution in [0.15, 0.2) is 30.3 Å². The van der Waals surface area contributed by atoms with Crippen molar-refractivity contribution in [3.8, 4) is 5.75 Å². The Morgan fingerprint density at radius 2 is 1.96 bits per heavy atom. The Balaban J connectivity index is 1.57. The van der Waals surface area contributed by atoms with Crippen molar-refractivity contribution in [3.05, 3.63) is 58.4 Å². The normalized spacial score (nSPS) is 22.0. The summed E-state index contributed by atoms with van der Waals surface area (Å²) in [6, 6.07) is 9.90. The molecule has 0 radical (unpaired) electrons. The fourth-order valence-corrected chi connectivity index (χ4v) is 4.26. The second kappa shape index (κ2) is 7.31. The molecule has 1 aromatic carbocycles. The number of aliphatic hydroxyl groups excluding tert-OH is 1. The molecule has 0 bridgehead atoms. The molecule has 1 fully saturated rings. The van der Waals surface area contributed by atoms with Crippen LogP contribution in [0.25, 0.3) is 0 Å². The van der Waals surface area contributed by atoms with Crippen LogP contribution in [-0.4, -0.2) is 40.2 Å². The summed E-state index contributed by atoms with van der Waals surface area (Å²) in [5, 5.41) is 10.3. The Labute approximate surface area is 160 Å². The Morgan fingerprint density at radius 3 is 2.67 bits per heavy atom. The van der Waals surface area contributed by atoms with Gasteiger partial charge >= 0.3 is 0 Å². The smallest absolute Gasteiger partial charge is 0.256 e. The first-order valence-electron chi connectivity index (χ1n) is 9.68. The minimum Gasteiger partial charge on any atom is -0.497 e. The lowest BCUT2D eigenvalue weighted by Crippen LogP contribution is -2.45. The molecule has 1 amide bonds. The molecule has 2 aromatic rings. The number of ether oxygens (including phenoxy) is 1. The van der Waals surface area contributed by atoms with Gasteiger partial charge in [0.15, 0.2) is 0 Å². The van der Waals surface area contributed by atoms with Gasteiger partial charge in [-0.1, -0.05) is 25.0 Å². The van der Waals surface area contributed by atoms with Crippen LogP contribution in [0.3, 0.4) is 0 Å². The molecule has 1 aliphatic carbocycles. The second-order valence-corrected chi connectivity index (χ2v) is 7.60. The molecule has 1 N–H and O–H groups in total. The van der Waals surface area contributed by atoms with Crippen molar-refractivity contribution in [2.75, 3.05) is 7.11 Å². The number of benzene rings is 1. The zero-order valence-electron chi connectivity index (χ0n) is 15.9. The highest BCUT2D eigenvalue weighted by atomic mass is 16.5. The molecule has 0 saturated heterocycles. The number of aromatic nitrogens is 1. The van der Waals surface area contributed by atoms with E-state index in [2.05, 4.69) is 0 Å². The lowest BCUT2D eigenvalue weighted by molar-refractivity contribution is 0.0189. The minimum absolute atomic E-state index is 0.0134. The summed E-state index contributed by atoms with van der Waals surface area (Å²) in [7, 11) is 1.66. The lowest BCUT2D eigenvalue weighted by Gasteiger charge is -2.34. The van der Waals surface area contributed by atoms with E-state index >= 15 is 0 Å². The number of nitrogens with zero attached hydrogens (tertiary/aromatic N) is 2. The molecular formula is C22H26N2O3. The van der Waals surface area contributed by atoms with Crippen LogP contribution in [0.5, 0.6) is 5.75 Å². The topological polar surface area (TPSA) is 62.7 Å². The Hall–Kier alpha value is -2.40. The van der Waals surface area contributed by atoms with Crippen molar-refractivity contribution < 1.29 is 14.6 Å². The molecule has 5 nitrogen and oxygen atoms in total.